The maximum atomic E-state index is 13.8. The Morgan fingerprint density at radius 2 is 1.86 bits per heavy atom. The average Bonchev–Trinajstić information content (AvgIpc) is 3.41. The number of carbonyl (C=O) groups is 1. The third-order valence-corrected chi connectivity index (χ3v) is 7.07. The van der Waals surface area contributed by atoms with Crippen molar-refractivity contribution in [3.63, 3.8) is 0 Å². The summed E-state index contributed by atoms with van der Waals surface area (Å²) in [7, 11) is 1.58. The number of methoxy groups -OCH3 is 1. The lowest BCUT2D eigenvalue weighted by molar-refractivity contribution is -0.141. The highest BCUT2D eigenvalue weighted by Crippen LogP contribution is 2.33. The van der Waals surface area contributed by atoms with E-state index in [4.69, 9.17) is 9.47 Å². The lowest BCUT2D eigenvalue weighted by Crippen LogP contribution is -2.48. The van der Waals surface area contributed by atoms with Gasteiger partial charge in [0, 0.05) is 38.2 Å². The highest BCUT2D eigenvalue weighted by Gasteiger charge is 2.42. The van der Waals surface area contributed by atoms with Crippen LogP contribution in [0.1, 0.15) is 37.3 Å². The van der Waals surface area contributed by atoms with Gasteiger partial charge in [0.15, 0.2) is 5.60 Å². The van der Waals surface area contributed by atoms with E-state index < -0.39 is 5.60 Å². The van der Waals surface area contributed by atoms with Crippen LogP contribution < -0.4 is 10.1 Å². The van der Waals surface area contributed by atoms with E-state index in [-0.39, 0.29) is 11.7 Å². The van der Waals surface area contributed by atoms with Crippen molar-refractivity contribution >= 4 is 5.91 Å². The summed E-state index contributed by atoms with van der Waals surface area (Å²) in [4.78, 5) is 15.7. The Morgan fingerprint density at radius 1 is 1.08 bits per heavy atom. The van der Waals surface area contributed by atoms with Crippen LogP contribution in [0.25, 0.3) is 11.1 Å². The molecule has 0 spiro atoms. The number of benzene rings is 3. The third kappa shape index (κ3) is 6.96. The molecule has 1 heterocycles. The van der Waals surface area contributed by atoms with Gasteiger partial charge in [0.2, 0.25) is 0 Å². The zero-order chi connectivity index (χ0) is 26.1. The quantitative estimate of drug-likeness (QED) is 0.325. The zero-order valence-electron chi connectivity index (χ0n) is 21.8. The average molecular weight is 505 g/mol. The topological polar surface area (TPSA) is 50.8 Å². The lowest BCUT2D eigenvalue weighted by Gasteiger charge is -2.28. The van der Waals surface area contributed by atoms with E-state index in [1.165, 1.54) is 17.7 Å². The van der Waals surface area contributed by atoms with Gasteiger partial charge in [-0.2, -0.15) is 0 Å². The molecular formula is C31H37FN2O3. The standard InChI is InChI=1S/C31H37FN2O3/c1-3-34(23-25-9-5-4-6-10-25)19-8-18-33-30(35)31(17-7-20-37-31)22-24-11-13-26(14-12-24)28-21-27(32)15-16-29(28)36-2/h4-6,9-16,21H,3,7-8,17-20,22-23H2,1-2H3,(H,33,35). The van der Waals surface area contributed by atoms with E-state index in [0.717, 1.165) is 43.6 Å². The summed E-state index contributed by atoms with van der Waals surface area (Å²) >= 11 is 0. The largest absolute Gasteiger partial charge is 0.496 e. The molecule has 1 N–H and O–H groups in total. The second-order valence-electron chi connectivity index (χ2n) is 9.63. The molecule has 0 aliphatic carbocycles. The summed E-state index contributed by atoms with van der Waals surface area (Å²) in [6.07, 6.45) is 2.96. The summed E-state index contributed by atoms with van der Waals surface area (Å²) < 4.78 is 25.3. The number of amides is 1. The molecule has 1 unspecified atom stereocenters. The predicted molar refractivity (Wildman–Crippen MR) is 145 cm³/mol. The second-order valence-corrected chi connectivity index (χ2v) is 9.63. The molecule has 0 aromatic heterocycles. The van der Waals surface area contributed by atoms with Gasteiger partial charge in [-0.15, -0.1) is 0 Å². The zero-order valence-corrected chi connectivity index (χ0v) is 21.8. The minimum absolute atomic E-state index is 0.0352. The van der Waals surface area contributed by atoms with Crippen molar-refractivity contribution in [2.75, 3.05) is 33.4 Å². The van der Waals surface area contributed by atoms with Gasteiger partial charge in [-0.1, -0.05) is 61.5 Å². The molecular weight excluding hydrogens is 467 g/mol. The van der Waals surface area contributed by atoms with E-state index in [9.17, 15) is 9.18 Å². The van der Waals surface area contributed by atoms with E-state index in [1.807, 2.05) is 30.3 Å². The van der Waals surface area contributed by atoms with Gasteiger partial charge >= 0.3 is 0 Å². The van der Waals surface area contributed by atoms with Crippen LogP contribution >= 0.6 is 0 Å². The minimum atomic E-state index is -0.841. The van der Waals surface area contributed by atoms with Crippen LogP contribution in [0.2, 0.25) is 0 Å². The van der Waals surface area contributed by atoms with Crippen LogP contribution in [0, 0.1) is 5.82 Å². The van der Waals surface area contributed by atoms with Crippen molar-refractivity contribution in [2.24, 2.45) is 0 Å². The van der Waals surface area contributed by atoms with Crippen molar-refractivity contribution in [2.45, 2.75) is 44.8 Å². The smallest absolute Gasteiger partial charge is 0.252 e. The molecule has 0 saturated carbocycles. The molecule has 1 fully saturated rings. The van der Waals surface area contributed by atoms with Crippen LogP contribution in [0.3, 0.4) is 0 Å². The number of nitrogens with zero attached hydrogens (tertiary/aromatic N) is 1. The van der Waals surface area contributed by atoms with Gasteiger partial charge in [-0.25, -0.2) is 4.39 Å². The molecule has 1 aliphatic heterocycles. The molecule has 1 saturated heterocycles. The Bertz CT molecular complexity index is 1140. The Balaban J connectivity index is 1.33. The molecule has 1 amide bonds. The molecule has 196 valence electrons. The van der Waals surface area contributed by atoms with Crippen molar-refractivity contribution in [1.82, 2.24) is 10.2 Å². The number of carbonyl (C=O) groups excluding carboxylic acids is 1. The maximum Gasteiger partial charge on any atom is 0.252 e. The summed E-state index contributed by atoms with van der Waals surface area (Å²) in [5, 5.41) is 3.14. The van der Waals surface area contributed by atoms with Gasteiger partial charge < -0.3 is 14.8 Å². The van der Waals surface area contributed by atoms with E-state index in [0.29, 0.717) is 37.3 Å². The molecule has 5 nitrogen and oxygen atoms in total. The fraction of sp³-hybridized carbons (Fsp3) is 0.387. The first-order chi connectivity index (χ1) is 18.0. The number of rotatable bonds is 12. The molecule has 3 aromatic carbocycles. The Morgan fingerprint density at radius 3 is 2.54 bits per heavy atom. The van der Waals surface area contributed by atoms with Crippen molar-refractivity contribution in [3.05, 3.63) is 89.7 Å². The Labute approximate surface area is 219 Å². The van der Waals surface area contributed by atoms with Crippen LogP contribution in [-0.2, 0) is 22.5 Å². The highest BCUT2D eigenvalue weighted by molar-refractivity contribution is 5.86. The molecule has 37 heavy (non-hydrogen) atoms. The molecule has 3 aromatic rings. The van der Waals surface area contributed by atoms with Gasteiger partial charge in [0.05, 0.1) is 7.11 Å². The molecule has 0 radical (unpaired) electrons. The number of halogens is 1. The maximum absolute atomic E-state index is 13.8. The molecule has 6 heteroatoms. The lowest BCUT2D eigenvalue weighted by atomic mass is 9.89. The van der Waals surface area contributed by atoms with Crippen molar-refractivity contribution in [3.8, 4) is 16.9 Å². The van der Waals surface area contributed by atoms with Crippen molar-refractivity contribution < 1.29 is 18.7 Å². The van der Waals surface area contributed by atoms with E-state index in [2.05, 4.69) is 41.4 Å². The SMILES string of the molecule is CCN(CCCNC(=O)C1(Cc2ccc(-c3cc(F)ccc3OC)cc2)CCCO1)Cc1ccccc1. The summed E-state index contributed by atoms with van der Waals surface area (Å²) in [5.74, 6) is 0.276. The first-order valence-electron chi connectivity index (χ1n) is 13.1. The van der Waals surface area contributed by atoms with Crippen LogP contribution in [0.4, 0.5) is 4.39 Å². The predicted octanol–water partition coefficient (Wildman–Crippen LogP) is 5.62. The number of nitrogens with one attached hydrogen (secondary N) is 1. The Kier molecular flexibility index (Phi) is 9.31. The number of hydrogen-bond acceptors (Lipinski definition) is 4. The van der Waals surface area contributed by atoms with E-state index in [1.54, 1.807) is 13.2 Å². The Hall–Kier alpha value is -3.22. The fourth-order valence-electron chi connectivity index (χ4n) is 4.99. The number of ether oxygens (including phenoxy) is 2. The summed E-state index contributed by atoms with van der Waals surface area (Å²) in [5.41, 5.74) is 3.03. The van der Waals surface area contributed by atoms with E-state index >= 15 is 0 Å². The normalized spacial score (nSPS) is 17.2. The van der Waals surface area contributed by atoms with Crippen LogP contribution in [0.15, 0.2) is 72.8 Å². The minimum Gasteiger partial charge on any atom is -0.496 e. The highest BCUT2D eigenvalue weighted by atomic mass is 19.1. The summed E-state index contributed by atoms with van der Waals surface area (Å²) in [6, 6.07) is 22.8. The molecule has 4 rings (SSSR count). The second kappa shape index (κ2) is 12.8. The van der Waals surface area contributed by atoms with Crippen LogP contribution in [0.5, 0.6) is 5.75 Å². The molecule has 1 aliphatic rings. The van der Waals surface area contributed by atoms with Gasteiger partial charge in [-0.3, -0.25) is 9.69 Å². The van der Waals surface area contributed by atoms with Crippen LogP contribution in [-0.4, -0.2) is 49.8 Å². The first-order valence-corrected chi connectivity index (χ1v) is 13.1. The van der Waals surface area contributed by atoms with Gasteiger partial charge in [0.25, 0.3) is 5.91 Å². The first kappa shape index (κ1) is 26.8. The number of hydrogen-bond donors (Lipinski definition) is 1. The summed E-state index contributed by atoms with van der Waals surface area (Å²) in [6.45, 7) is 6.17. The van der Waals surface area contributed by atoms with Gasteiger partial charge in [0.1, 0.15) is 11.6 Å². The van der Waals surface area contributed by atoms with Gasteiger partial charge in [-0.05, 0) is 60.7 Å². The monoisotopic (exact) mass is 504 g/mol. The molecule has 1 atom stereocenters. The molecule has 0 bridgehead atoms. The third-order valence-electron chi connectivity index (χ3n) is 7.07. The van der Waals surface area contributed by atoms with Crippen molar-refractivity contribution in [1.29, 1.82) is 0 Å². The fourth-order valence-corrected chi connectivity index (χ4v) is 4.99.